The molecule has 0 N–H and O–H groups in total. The molecule has 4 aliphatic rings. The minimum absolute atomic E-state index is 0.0562. The number of amides is 2. The Morgan fingerprint density at radius 3 is 2.13 bits per heavy atom. The lowest BCUT2D eigenvalue weighted by Gasteiger charge is -2.38. The highest BCUT2D eigenvalue weighted by molar-refractivity contribution is 5.79. The number of carbonyl (C=O) groups excluding carboxylic acids is 2. The third-order valence-electron chi connectivity index (χ3n) is 9.98. The van der Waals surface area contributed by atoms with Crippen molar-refractivity contribution >= 4 is 17.8 Å². The second kappa shape index (κ2) is 13.1. The summed E-state index contributed by atoms with van der Waals surface area (Å²) in [4.78, 5) is 41.4. The quantitative estimate of drug-likeness (QED) is 0.316. The van der Waals surface area contributed by atoms with E-state index in [-0.39, 0.29) is 43.7 Å². The largest absolute Gasteiger partial charge is 0.441 e. The average molecular weight is 673 g/mol. The van der Waals surface area contributed by atoms with Crippen LogP contribution in [0.1, 0.15) is 49.7 Å². The maximum atomic E-state index is 14.4. The lowest BCUT2D eigenvalue weighted by Crippen LogP contribution is -2.51. The number of halogens is 7. The summed E-state index contributed by atoms with van der Waals surface area (Å²) in [7, 11) is 0. The molecule has 6 rings (SSSR count). The molecular weight excluding hydrogens is 637 g/mol. The van der Waals surface area contributed by atoms with E-state index >= 15 is 0 Å². The fourth-order valence-electron chi connectivity index (χ4n) is 7.29. The number of nitrogens with zero attached hydrogens (tertiary/aromatic N) is 6. The van der Waals surface area contributed by atoms with Gasteiger partial charge in [0, 0.05) is 82.9 Å². The van der Waals surface area contributed by atoms with Crippen LogP contribution in [0.2, 0.25) is 0 Å². The van der Waals surface area contributed by atoms with Crippen molar-refractivity contribution in [1.82, 2.24) is 24.7 Å². The summed E-state index contributed by atoms with van der Waals surface area (Å²) < 4.78 is 102. The van der Waals surface area contributed by atoms with Gasteiger partial charge in [-0.15, -0.1) is 0 Å². The fraction of sp³-hybridized carbons (Fsp3) is 0.613. The van der Waals surface area contributed by atoms with Crippen LogP contribution in [0.5, 0.6) is 0 Å². The predicted molar refractivity (Wildman–Crippen MR) is 153 cm³/mol. The normalized spacial score (nSPS) is 23.8. The molecule has 3 aliphatic heterocycles. The Morgan fingerprint density at radius 2 is 1.55 bits per heavy atom. The zero-order valence-electron chi connectivity index (χ0n) is 25.5. The van der Waals surface area contributed by atoms with Gasteiger partial charge < -0.3 is 19.4 Å². The molecule has 2 aromatic rings. The SMILES string of the molecule is O=C1OC2(CCN(Cc3c(F)c(F)c(C(F)(F)F)c(F)c3F)CC2)CN1C[C@H]1CC[C@H](C(=O)N2CCN(c3ccncn3)CC2)CC1. The summed E-state index contributed by atoms with van der Waals surface area (Å²) in [6.07, 6.45) is 0.725. The van der Waals surface area contributed by atoms with E-state index in [0.29, 0.717) is 39.3 Å². The van der Waals surface area contributed by atoms with Crippen LogP contribution in [0.25, 0.3) is 0 Å². The molecule has 256 valence electrons. The first kappa shape index (κ1) is 33.2. The van der Waals surface area contributed by atoms with Gasteiger partial charge in [-0.25, -0.2) is 32.3 Å². The Morgan fingerprint density at radius 1 is 0.915 bits per heavy atom. The molecule has 0 radical (unpaired) electrons. The van der Waals surface area contributed by atoms with E-state index in [0.717, 1.165) is 31.5 Å². The van der Waals surface area contributed by atoms with Gasteiger partial charge >= 0.3 is 12.3 Å². The minimum atomic E-state index is -5.60. The number of piperidine rings is 1. The Bertz CT molecular complexity index is 1440. The lowest BCUT2D eigenvalue weighted by molar-refractivity contribution is -0.143. The number of ether oxygens (including phenoxy) is 1. The first-order valence-electron chi connectivity index (χ1n) is 15.8. The van der Waals surface area contributed by atoms with Gasteiger partial charge in [-0.3, -0.25) is 9.69 Å². The number of likely N-dealkylation sites (tertiary alicyclic amines) is 1. The summed E-state index contributed by atoms with van der Waals surface area (Å²) in [6, 6.07) is 1.85. The summed E-state index contributed by atoms with van der Waals surface area (Å²) >= 11 is 0. The van der Waals surface area contributed by atoms with E-state index in [1.165, 1.54) is 11.2 Å². The summed E-state index contributed by atoms with van der Waals surface area (Å²) in [6.45, 7) is 3.09. The number of hydrogen-bond donors (Lipinski definition) is 0. The van der Waals surface area contributed by atoms with Crippen molar-refractivity contribution in [2.45, 2.75) is 56.8 Å². The van der Waals surface area contributed by atoms with Crippen molar-refractivity contribution < 1.29 is 45.1 Å². The van der Waals surface area contributed by atoms with Crippen molar-refractivity contribution in [3.05, 3.63) is 53.0 Å². The van der Waals surface area contributed by atoms with Crippen LogP contribution in [0, 0.1) is 35.1 Å². The summed E-state index contributed by atoms with van der Waals surface area (Å²) in [5.74, 6) is -7.95. The van der Waals surface area contributed by atoms with Crippen LogP contribution >= 0.6 is 0 Å². The van der Waals surface area contributed by atoms with Gasteiger partial charge in [-0.05, 0) is 37.7 Å². The molecule has 0 bridgehead atoms. The Kier molecular flexibility index (Phi) is 9.24. The molecule has 47 heavy (non-hydrogen) atoms. The van der Waals surface area contributed by atoms with Gasteiger partial charge in [-0.1, -0.05) is 0 Å². The summed E-state index contributed by atoms with van der Waals surface area (Å²) in [5.41, 5.74) is -4.56. The highest BCUT2D eigenvalue weighted by Crippen LogP contribution is 2.39. The Labute approximate surface area is 266 Å². The zero-order chi connectivity index (χ0) is 33.5. The number of piperazine rings is 1. The third kappa shape index (κ3) is 6.83. The van der Waals surface area contributed by atoms with Crippen molar-refractivity contribution in [1.29, 1.82) is 0 Å². The number of benzene rings is 1. The topological polar surface area (TPSA) is 82.1 Å². The van der Waals surface area contributed by atoms with Gasteiger partial charge in [0.15, 0.2) is 23.3 Å². The van der Waals surface area contributed by atoms with E-state index in [9.17, 15) is 40.3 Å². The molecule has 0 atom stereocenters. The molecule has 1 aromatic heterocycles. The smallest absolute Gasteiger partial charge is 0.422 e. The van der Waals surface area contributed by atoms with E-state index in [1.54, 1.807) is 11.1 Å². The second-order valence-corrected chi connectivity index (χ2v) is 12.9. The van der Waals surface area contributed by atoms with E-state index in [4.69, 9.17) is 4.74 Å². The van der Waals surface area contributed by atoms with Gasteiger partial charge in [0.1, 0.15) is 23.3 Å². The van der Waals surface area contributed by atoms with E-state index in [2.05, 4.69) is 14.9 Å². The maximum absolute atomic E-state index is 14.4. The first-order chi connectivity index (χ1) is 22.3. The van der Waals surface area contributed by atoms with E-state index < -0.39 is 58.8 Å². The predicted octanol–water partition coefficient (Wildman–Crippen LogP) is 4.99. The number of carbonyl (C=O) groups is 2. The van der Waals surface area contributed by atoms with Crippen LogP contribution in [0.3, 0.4) is 0 Å². The van der Waals surface area contributed by atoms with Crippen LogP contribution < -0.4 is 4.90 Å². The molecule has 1 saturated carbocycles. The van der Waals surface area contributed by atoms with Crippen LogP contribution in [0.15, 0.2) is 18.6 Å². The molecule has 9 nitrogen and oxygen atoms in total. The van der Waals surface area contributed by atoms with Crippen LogP contribution in [-0.4, -0.2) is 94.6 Å². The van der Waals surface area contributed by atoms with Gasteiger partial charge in [0.05, 0.1) is 6.54 Å². The standard InChI is InChI=1S/C31H35F7N6O3/c32-24-21(25(33)27(35)23(26(24)34)31(36,37)38)16-41-9-6-30(7-10-41)17-44(29(46)47-30)15-19-1-3-20(4-2-19)28(45)43-13-11-42(12-14-43)22-5-8-39-18-40-22/h5,8,18-20H,1-4,6-7,9-17H2/t19-,20-. The van der Waals surface area contributed by atoms with Crippen molar-refractivity contribution in [3.63, 3.8) is 0 Å². The van der Waals surface area contributed by atoms with E-state index in [1.807, 2.05) is 11.0 Å². The average Bonchev–Trinajstić information content (AvgIpc) is 3.36. The number of aromatic nitrogens is 2. The van der Waals surface area contributed by atoms with Crippen molar-refractivity contribution in [3.8, 4) is 0 Å². The Hall–Kier alpha value is -3.69. The van der Waals surface area contributed by atoms with Gasteiger partial charge in [-0.2, -0.15) is 13.2 Å². The molecule has 4 heterocycles. The maximum Gasteiger partial charge on any atom is 0.422 e. The lowest BCUT2D eigenvalue weighted by atomic mass is 9.81. The molecule has 1 spiro atoms. The number of anilines is 1. The summed E-state index contributed by atoms with van der Waals surface area (Å²) in [5, 5.41) is 0. The number of rotatable bonds is 6. The monoisotopic (exact) mass is 672 g/mol. The first-order valence-corrected chi connectivity index (χ1v) is 15.8. The molecule has 1 aliphatic carbocycles. The molecule has 0 unspecified atom stereocenters. The Balaban J connectivity index is 0.964. The molecule has 2 amide bonds. The molecular formula is C31H35F7N6O3. The minimum Gasteiger partial charge on any atom is -0.441 e. The van der Waals surface area contributed by atoms with Gasteiger partial charge in [0.2, 0.25) is 5.91 Å². The second-order valence-electron chi connectivity index (χ2n) is 12.9. The highest BCUT2D eigenvalue weighted by Gasteiger charge is 2.48. The molecule has 16 heteroatoms. The van der Waals surface area contributed by atoms with Crippen LogP contribution in [0.4, 0.5) is 41.3 Å². The molecule has 3 saturated heterocycles. The zero-order valence-corrected chi connectivity index (χ0v) is 25.5. The van der Waals surface area contributed by atoms with Crippen LogP contribution in [-0.2, 0) is 22.3 Å². The van der Waals surface area contributed by atoms with Gasteiger partial charge in [0.25, 0.3) is 0 Å². The highest BCUT2D eigenvalue weighted by atomic mass is 19.4. The van der Waals surface area contributed by atoms with Crippen molar-refractivity contribution in [2.75, 3.05) is 57.3 Å². The fourth-order valence-corrected chi connectivity index (χ4v) is 7.29. The third-order valence-corrected chi connectivity index (χ3v) is 9.98. The molecule has 4 fully saturated rings. The number of alkyl halides is 3. The molecule has 1 aromatic carbocycles. The van der Waals surface area contributed by atoms with Crippen molar-refractivity contribution in [2.24, 2.45) is 11.8 Å². The number of hydrogen-bond acceptors (Lipinski definition) is 7.